The summed E-state index contributed by atoms with van der Waals surface area (Å²) in [5, 5.41) is 17.3. The zero-order chi connectivity index (χ0) is 13.7. The second-order valence-corrected chi connectivity index (χ2v) is 4.49. The molecule has 104 valence electrons. The molecular weight excluding hydrogens is 248 g/mol. The Labute approximate surface area is 111 Å². The van der Waals surface area contributed by atoms with Crippen molar-refractivity contribution in [3.05, 3.63) is 22.2 Å². The molecule has 19 heavy (non-hydrogen) atoms. The highest BCUT2D eigenvalue weighted by molar-refractivity contribution is 5.56. The van der Waals surface area contributed by atoms with Gasteiger partial charge in [0.05, 0.1) is 12.0 Å². The van der Waals surface area contributed by atoms with Crippen molar-refractivity contribution < 1.29 is 9.66 Å². The molecule has 0 unspecified atom stereocenters. The second kappa shape index (κ2) is 6.33. The molecule has 0 amide bonds. The molecule has 0 radical (unpaired) electrons. The van der Waals surface area contributed by atoms with Gasteiger partial charge in [0.1, 0.15) is 0 Å². The Morgan fingerprint density at radius 2 is 2.26 bits per heavy atom. The molecule has 1 aliphatic rings. The van der Waals surface area contributed by atoms with Gasteiger partial charge in [0.2, 0.25) is 11.7 Å². The van der Waals surface area contributed by atoms with E-state index in [2.05, 4.69) is 15.6 Å². The van der Waals surface area contributed by atoms with E-state index in [4.69, 9.17) is 4.74 Å². The number of ether oxygens (including phenoxy) is 1. The fourth-order valence-corrected chi connectivity index (χ4v) is 1.71. The van der Waals surface area contributed by atoms with Gasteiger partial charge in [0, 0.05) is 24.7 Å². The molecule has 7 nitrogen and oxygen atoms in total. The van der Waals surface area contributed by atoms with E-state index < -0.39 is 4.92 Å². The SMILES string of the molecule is COc1ccc([N+](=O)[O-])c(NCCCNC2CC2)n1. The lowest BCUT2D eigenvalue weighted by Crippen LogP contribution is -2.20. The second-order valence-electron chi connectivity index (χ2n) is 4.49. The van der Waals surface area contributed by atoms with Crippen LogP contribution < -0.4 is 15.4 Å². The molecule has 7 heteroatoms. The number of rotatable bonds is 8. The highest BCUT2D eigenvalue weighted by atomic mass is 16.6. The lowest BCUT2D eigenvalue weighted by molar-refractivity contribution is -0.384. The summed E-state index contributed by atoms with van der Waals surface area (Å²) in [6.45, 7) is 1.55. The molecule has 0 aromatic carbocycles. The van der Waals surface area contributed by atoms with Gasteiger partial charge < -0.3 is 15.4 Å². The van der Waals surface area contributed by atoms with Gasteiger partial charge in [-0.25, -0.2) is 0 Å². The van der Waals surface area contributed by atoms with Crippen molar-refractivity contribution in [2.45, 2.75) is 25.3 Å². The molecule has 0 bridgehead atoms. The highest BCUT2D eigenvalue weighted by Crippen LogP contribution is 2.24. The Kier molecular flexibility index (Phi) is 4.51. The van der Waals surface area contributed by atoms with Gasteiger partial charge in [-0.1, -0.05) is 0 Å². The summed E-state index contributed by atoms with van der Waals surface area (Å²) in [7, 11) is 1.48. The fourth-order valence-electron chi connectivity index (χ4n) is 1.71. The maximum atomic E-state index is 10.9. The van der Waals surface area contributed by atoms with Crippen molar-refractivity contribution in [2.24, 2.45) is 0 Å². The first-order valence-electron chi connectivity index (χ1n) is 6.37. The number of hydrogen-bond acceptors (Lipinski definition) is 6. The Balaban J connectivity index is 1.86. The third-order valence-corrected chi connectivity index (χ3v) is 2.91. The van der Waals surface area contributed by atoms with Gasteiger partial charge in [0.25, 0.3) is 0 Å². The summed E-state index contributed by atoms with van der Waals surface area (Å²) in [5.41, 5.74) is -0.0315. The van der Waals surface area contributed by atoms with Crippen LogP contribution in [0.1, 0.15) is 19.3 Å². The Morgan fingerprint density at radius 1 is 1.47 bits per heavy atom. The van der Waals surface area contributed by atoms with Crippen molar-refractivity contribution in [2.75, 3.05) is 25.5 Å². The Hall–Kier alpha value is -1.89. The molecule has 1 aliphatic carbocycles. The van der Waals surface area contributed by atoms with E-state index in [1.54, 1.807) is 0 Å². The van der Waals surface area contributed by atoms with E-state index in [1.165, 1.54) is 32.1 Å². The molecule has 0 spiro atoms. The molecule has 0 saturated heterocycles. The molecule has 1 fully saturated rings. The van der Waals surface area contributed by atoms with E-state index in [1.807, 2.05) is 0 Å². The summed E-state index contributed by atoms with van der Waals surface area (Å²) < 4.78 is 4.97. The van der Waals surface area contributed by atoms with Crippen LogP contribution in [0.3, 0.4) is 0 Å². The van der Waals surface area contributed by atoms with E-state index in [0.717, 1.165) is 13.0 Å². The van der Waals surface area contributed by atoms with Crippen LogP contribution >= 0.6 is 0 Å². The van der Waals surface area contributed by atoms with Crippen LogP contribution in [0.25, 0.3) is 0 Å². The molecule has 1 aromatic heterocycles. The monoisotopic (exact) mass is 266 g/mol. The molecule has 0 aliphatic heterocycles. The van der Waals surface area contributed by atoms with E-state index in [9.17, 15) is 10.1 Å². The van der Waals surface area contributed by atoms with Gasteiger partial charge in [0.15, 0.2) is 0 Å². The average molecular weight is 266 g/mol. The van der Waals surface area contributed by atoms with Crippen molar-refractivity contribution in [1.29, 1.82) is 0 Å². The van der Waals surface area contributed by atoms with Gasteiger partial charge >= 0.3 is 5.69 Å². The highest BCUT2D eigenvalue weighted by Gasteiger charge is 2.19. The largest absolute Gasteiger partial charge is 0.481 e. The minimum Gasteiger partial charge on any atom is -0.481 e. The topological polar surface area (TPSA) is 89.3 Å². The molecule has 1 aromatic rings. The number of nitro groups is 1. The molecule has 0 atom stereocenters. The van der Waals surface area contributed by atoms with Crippen molar-refractivity contribution >= 4 is 11.5 Å². The van der Waals surface area contributed by atoms with Crippen LogP contribution in [0.4, 0.5) is 11.5 Å². The number of nitrogens with one attached hydrogen (secondary N) is 2. The smallest absolute Gasteiger partial charge is 0.311 e. The van der Waals surface area contributed by atoms with E-state index in [-0.39, 0.29) is 11.5 Å². The van der Waals surface area contributed by atoms with Gasteiger partial charge in [-0.05, 0) is 25.8 Å². The summed E-state index contributed by atoms with van der Waals surface area (Å²) in [6, 6.07) is 3.57. The summed E-state index contributed by atoms with van der Waals surface area (Å²) >= 11 is 0. The fraction of sp³-hybridized carbons (Fsp3) is 0.583. The quantitative estimate of drug-likeness (QED) is 0.421. The lowest BCUT2D eigenvalue weighted by Gasteiger charge is -2.08. The molecule has 1 heterocycles. The number of pyridine rings is 1. The Morgan fingerprint density at radius 3 is 2.89 bits per heavy atom. The number of aromatic nitrogens is 1. The van der Waals surface area contributed by atoms with Crippen LogP contribution in [0.2, 0.25) is 0 Å². The zero-order valence-electron chi connectivity index (χ0n) is 10.9. The normalized spacial score (nSPS) is 14.2. The van der Waals surface area contributed by atoms with Crippen LogP contribution in [-0.4, -0.2) is 36.1 Å². The predicted octanol–water partition coefficient (Wildman–Crippen LogP) is 1.55. The minimum atomic E-state index is -0.447. The third kappa shape index (κ3) is 4.06. The number of anilines is 1. The maximum absolute atomic E-state index is 10.9. The van der Waals surface area contributed by atoms with Crippen LogP contribution in [0.5, 0.6) is 5.88 Å². The van der Waals surface area contributed by atoms with E-state index >= 15 is 0 Å². The van der Waals surface area contributed by atoms with Gasteiger partial charge in [-0.15, -0.1) is 0 Å². The summed E-state index contributed by atoms with van der Waals surface area (Å²) in [6.07, 6.45) is 3.42. The average Bonchev–Trinajstić information content (AvgIpc) is 3.22. The minimum absolute atomic E-state index is 0.0315. The third-order valence-electron chi connectivity index (χ3n) is 2.91. The Bertz CT molecular complexity index is 449. The van der Waals surface area contributed by atoms with Crippen molar-refractivity contribution in [3.8, 4) is 5.88 Å². The lowest BCUT2D eigenvalue weighted by atomic mass is 10.3. The molecular formula is C12H18N4O3. The van der Waals surface area contributed by atoms with Crippen LogP contribution in [0, 0.1) is 10.1 Å². The molecule has 2 rings (SSSR count). The van der Waals surface area contributed by atoms with Crippen molar-refractivity contribution in [3.63, 3.8) is 0 Å². The van der Waals surface area contributed by atoms with Crippen LogP contribution in [0.15, 0.2) is 12.1 Å². The number of nitrogens with zero attached hydrogens (tertiary/aromatic N) is 2. The number of methoxy groups -OCH3 is 1. The molecule has 1 saturated carbocycles. The predicted molar refractivity (Wildman–Crippen MR) is 71.6 cm³/mol. The standard InChI is InChI=1S/C12H18N4O3/c1-19-11-6-5-10(16(17)18)12(15-11)14-8-2-7-13-9-3-4-9/h5-6,9,13H,2-4,7-8H2,1H3,(H,14,15). The maximum Gasteiger partial charge on any atom is 0.311 e. The first-order valence-corrected chi connectivity index (χ1v) is 6.37. The number of hydrogen-bond donors (Lipinski definition) is 2. The summed E-state index contributed by atoms with van der Waals surface area (Å²) in [5.74, 6) is 0.625. The first kappa shape index (κ1) is 13.5. The van der Waals surface area contributed by atoms with E-state index in [0.29, 0.717) is 18.5 Å². The van der Waals surface area contributed by atoms with Crippen molar-refractivity contribution in [1.82, 2.24) is 10.3 Å². The van der Waals surface area contributed by atoms with Gasteiger partial charge in [-0.2, -0.15) is 4.98 Å². The zero-order valence-corrected chi connectivity index (χ0v) is 10.9. The molecule has 2 N–H and O–H groups in total. The first-order chi connectivity index (χ1) is 9.20. The summed E-state index contributed by atoms with van der Waals surface area (Å²) in [4.78, 5) is 14.5. The van der Waals surface area contributed by atoms with Crippen LogP contribution in [-0.2, 0) is 0 Å². The van der Waals surface area contributed by atoms with Gasteiger partial charge in [-0.3, -0.25) is 10.1 Å².